The van der Waals surface area contributed by atoms with Gasteiger partial charge in [0.2, 0.25) is 0 Å². The van der Waals surface area contributed by atoms with Crippen LogP contribution in [0.2, 0.25) is 0 Å². The fraction of sp³-hybridized carbons (Fsp3) is 0.0213. The van der Waals surface area contributed by atoms with Crippen LogP contribution in [-0.4, -0.2) is 15.0 Å². The van der Waals surface area contributed by atoms with Crippen LogP contribution in [-0.2, 0) is 5.41 Å². The SMILES string of the molecule is N#Cc1ccc(-c2ccc3c(c2)C2(c4ccccc4Oc4ccccc42)c2cc(-c4nc(-c5ccccc5)nc(-c5ccccc5)n4)ccc2-3)cc1. The van der Waals surface area contributed by atoms with Crippen LogP contribution < -0.4 is 4.74 Å². The summed E-state index contributed by atoms with van der Waals surface area (Å²) in [5.74, 6) is 3.50. The molecule has 0 amide bonds. The molecule has 0 saturated carbocycles. The van der Waals surface area contributed by atoms with Crippen molar-refractivity contribution >= 4 is 0 Å². The van der Waals surface area contributed by atoms with Gasteiger partial charge in [-0.15, -0.1) is 0 Å². The molecule has 0 unspecified atom stereocenters. The first-order chi connectivity index (χ1) is 25.7. The van der Waals surface area contributed by atoms with E-state index >= 15 is 0 Å². The van der Waals surface area contributed by atoms with Gasteiger partial charge in [-0.2, -0.15) is 5.26 Å². The van der Waals surface area contributed by atoms with E-state index in [4.69, 9.17) is 19.7 Å². The number of hydrogen-bond acceptors (Lipinski definition) is 5. The number of fused-ring (bicyclic) bond motifs is 9. The Balaban J connectivity index is 1.25. The standard InChI is InChI=1S/C47H28N4O/c48-29-30-19-21-31(22-20-30)34-23-25-36-37-26-24-35(46-50-44(32-11-3-1-4-12-32)49-45(51-46)33-13-5-2-6-14-33)28-41(37)47(40(36)27-34)38-15-7-9-17-42(38)52-43-18-10-8-16-39(43)47/h1-28H. The average Bonchev–Trinajstić information content (AvgIpc) is 3.50. The predicted molar refractivity (Wildman–Crippen MR) is 204 cm³/mol. The summed E-state index contributed by atoms with van der Waals surface area (Å²) in [7, 11) is 0. The molecule has 2 aliphatic rings. The van der Waals surface area contributed by atoms with E-state index in [-0.39, 0.29) is 0 Å². The number of nitrogens with zero attached hydrogens (tertiary/aromatic N) is 4. The Morgan fingerprint density at radius 3 is 1.38 bits per heavy atom. The van der Waals surface area contributed by atoms with Crippen molar-refractivity contribution in [3.05, 3.63) is 198 Å². The topological polar surface area (TPSA) is 71.7 Å². The van der Waals surface area contributed by atoms with Crippen LogP contribution >= 0.6 is 0 Å². The summed E-state index contributed by atoms with van der Waals surface area (Å²) in [6, 6.07) is 60.3. The molecule has 242 valence electrons. The number of benzene rings is 7. The van der Waals surface area contributed by atoms with Crippen molar-refractivity contribution in [2.24, 2.45) is 0 Å². The van der Waals surface area contributed by atoms with Crippen LogP contribution in [0.15, 0.2) is 170 Å². The fourth-order valence-corrected chi connectivity index (χ4v) is 7.89. The number of para-hydroxylation sites is 2. The highest BCUT2D eigenvalue weighted by atomic mass is 16.5. The Morgan fingerprint density at radius 1 is 0.404 bits per heavy atom. The van der Waals surface area contributed by atoms with E-state index in [1.807, 2.05) is 97.1 Å². The maximum Gasteiger partial charge on any atom is 0.164 e. The first kappa shape index (κ1) is 29.7. The minimum absolute atomic E-state index is 0.605. The molecule has 1 aromatic heterocycles. The van der Waals surface area contributed by atoms with E-state index in [2.05, 4.69) is 78.9 Å². The molecule has 8 aromatic rings. The maximum atomic E-state index is 9.45. The quantitative estimate of drug-likeness (QED) is 0.187. The Morgan fingerprint density at radius 2 is 0.846 bits per heavy atom. The molecule has 5 heteroatoms. The van der Waals surface area contributed by atoms with E-state index in [0.29, 0.717) is 23.0 Å². The zero-order valence-electron chi connectivity index (χ0n) is 27.9. The second-order valence-corrected chi connectivity index (χ2v) is 13.1. The highest BCUT2D eigenvalue weighted by molar-refractivity contribution is 5.91. The lowest BCUT2D eigenvalue weighted by molar-refractivity contribution is 0.436. The van der Waals surface area contributed by atoms with Gasteiger partial charge in [-0.1, -0.05) is 133 Å². The maximum absolute atomic E-state index is 9.45. The highest BCUT2D eigenvalue weighted by Gasteiger charge is 2.51. The molecule has 0 atom stereocenters. The van der Waals surface area contributed by atoms with Crippen molar-refractivity contribution < 1.29 is 4.74 Å². The third kappa shape index (κ3) is 4.52. The van der Waals surface area contributed by atoms with Crippen molar-refractivity contribution in [3.8, 4) is 74.0 Å². The minimum atomic E-state index is -0.688. The van der Waals surface area contributed by atoms with Gasteiger partial charge in [0.1, 0.15) is 11.5 Å². The number of hydrogen-bond donors (Lipinski definition) is 0. The summed E-state index contributed by atoms with van der Waals surface area (Å²) < 4.78 is 6.62. The molecular formula is C47H28N4O. The second-order valence-electron chi connectivity index (χ2n) is 13.1. The van der Waals surface area contributed by atoms with Crippen molar-refractivity contribution in [3.63, 3.8) is 0 Å². The largest absolute Gasteiger partial charge is 0.457 e. The van der Waals surface area contributed by atoms with Gasteiger partial charge in [-0.25, -0.2) is 15.0 Å². The smallest absolute Gasteiger partial charge is 0.164 e. The monoisotopic (exact) mass is 664 g/mol. The molecule has 52 heavy (non-hydrogen) atoms. The molecule has 1 spiro atoms. The molecule has 1 aliphatic heterocycles. The molecule has 7 aromatic carbocycles. The Bertz CT molecular complexity index is 2610. The summed E-state index contributed by atoms with van der Waals surface area (Å²) in [6.45, 7) is 0. The predicted octanol–water partition coefficient (Wildman–Crippen LogP) is 10.9. The summed E-state index contributed by atoms with van der Waals surface area (Å²) in [5.41, 5.74) is 11.6. The second kappa shape index (κ2) is 11.7. The van der Waals surface area contributed by atoms with Gasteiger partial charge in [0.15, 0.2) is 17.5 Å². The van der Waals surface area contributed by atoms with E-state index in [1.54, 1.807) is 0 Å². The Labute approximate surface area is 301 Å². The molecule has 0 radical (unpaired) electrons. The summed E-state index contributed by atoms with van der Waals surface area (Å²) in [6.07, 6.45) is 0. The number of nitriles is 1. The Kier molecular flexibility index (Phi) is 6.70. The lowest BCUT2D eigenvalue weighted by Crippen LogP contribution is -2.32. The molecule has 1 aliphatic carbocycles. The van der Waals surface area contributed by atoms with Gasteiger partial charge in [-0.05, 0) is 69.8 Å². The third-order valence-corrected chi connectivity index (χ3v) is 10.2. The Hall–Kier alpha value is -7.16. The van der Waals surface area contributed by atoms with E-state index in [1.165, 1.54) is 5.56 Å². The lowest BCUT2D eigenvalue weighted by Gasteiger charge is -2.39. The van der Waals surface area contributed by atoms with Crippen molar-refractivity contribution in [1.82, 2.24) is 15.0 Å². The molecule has 5 nitrogen and oxygen atoms in total. The molecule has 0 saturated heterocycles. The van der Waals surface area contributed by atoms with Gasteiger partial charge in [0, 0.05) is 27.8 Å². The minimum Gasteiger partial charge on any atom is -0.457 e. The van der Waals surface area contributed by atoms with Crippen molar-refractivity contribution in [1.29, 1.82) is 5.26 Å². The summed E-state index contributed by atoms with van der Waals surface area (Å²) in [4.78, 5) is 15.1. The van der Waals surface area contributed by atoms with Gasteiger partial charge in [-0.3, -0.25) is 0 Å². The fourth-order valence-electron chi connectivity index (χ4n) is 7.89. The number of ether oxygens (including phenoxy) is 1. The molecule has 0 bridgehead atoms. The van der Waals surface area contributed by atoms with E-state index < -0.39 is 5.41 Å². The molecule has 0 fully saturated rings. The van der Waals surface area contributed by atoms with Crippen LogP contribution in [0, 0.1) is 11.3 Å². The van der Waals surface area contributed by atoms with Crippen molar-refractivity contribution in [2.75, 3.05) is 0 Å². The van der Waals surface area contributed by atoms with Crippen LogP contribution in [0.3, 0.4) is 0 Å². The normalized spacial score (nSPS) is 12.9. The van der Waals surface area contributed by atoms with Gasteiger partial charge in [0.25, 0.3) is 0 Å². The molecular weight excluding hydrogens is 637 g/mol. The van der Waals surface area contributed by atoms with Gasteiger partial charge in [0.05, 0.1) is 17.0 Å². The van der Waals surface area contributed by atoms with E-state index in [0.717, 1.165) is 67.1 Å². The molecule has 10 rings (SSSR count). The lowest BCUT2D eigenvalue weighted by atomic mass is 9.65. The van der Waals surface area contributed by atoms with Crippen LogP contribution in [0.5, 0.6) is 11.5 Å². The van der Waals surface area contributed by atoms with E-state index in [9.17, 15) is 5.26 Å². The van der Waals surface area contributed by atoms with Crippen molar-refractivity contribution in [2.45, 2.75) is 5.41 Å². The number of aromatic nitrogens is 3. The van der Waals surface area contributed by atoms with Gasteiger partial charge < -0.3 is 4.74 Å². The zero-order valence-corrected chi connectivity index (χ0v) is 27.9. The van der Waals surface area contributed by atoms with Gasteiger partial charge >= 0.3 is 0 Å². The molecule has 0 N–H and O–H groups in total. The first-order valence-corrected chi connectivity index (χ1v) is 17.2. The first-order valence-electron chi connectivity index (χ1n) is 17.2. The third-order valence-electron chi connectivity index (χ3n) is 10.2. The highest BCUT2D eigenvalue weighted by Crippen LogP contribution is 2.62. The van der Waals surface area contributed by atoms with Crippen LogP contribution in [0.25, 0.3) is 56.4 Å². The zero-order chi connectivity index (χ0) is 34.6. The number of rotatable bonds is 4. The van der Waals surface area contributed by atoms with Crippen LogP contribution in [0.4, 0.5) is 0 Å². The van der Waals surface area contributed by atoms with Crippen LogP contribution in [0.1, 0.15) is 27.8 Å². The average molecular weight is 665 g/mol. The summed E-state index contributed by atoms with van der Waals surface area (Å²) >= 11 is 0. The molecule has 2 heterocycles. The summed E-state index contributed by atoms with van der Waals surface area (Å²) in [5, 5.41) is 9.45.